The minimum Gasteiger partial charge on any atom is -0.484 e. The molecule has 37 heavy (non-hydrogen) atoms. The molecule has 3 rings (SSSR count). The quantitative estimate of drug-likeness (QED) is 0.325. The highest BCUT2D eigenvalue weighted by atomic mass is 19.4. The summed E-state index contributed by atoms with van der Waals surface area (Å²) < 4.78 is 45.9. The lowest BCUT2D eigenvalue weighted by Gasteiger charge is -2.30. The molecule has 0 spiro atoms. The van der Waals surface area contributed by atoms with Crippen molar-refractivity contribution in [2.24, 2.45) is 0 Å². The highest BCUT2D eigenvalue weighted by Gasteiger charge is 2.31. The summed E-state index contributed by atoms with van der Waals surface area (Å²) in [6.45, 7) is 12.1. The van der Waals surface area contributed by atoms with E-state index in [0.717, 1.165) is 47.5 Å². The maximum atomic E-state index is 12.3. The first kappa shape index (κ1) is 28.0. The molecule has 0 fully saturated rings. The zero-order chi connectivity index (χ0) is 27.2. The van der Waals surface area contributed by atoms with Crippen LogP contribution in [0.4, 0.5) is 24.7 Å². The zero-order valence-electron chi connectivity index (χ0n) is 21.6. The largest absolute Gasteiger partial charge is 0.573 e. The smallest absolute Gasteiger partial charge is 0.484 e. The fraction of sp³-hybridized carbons (Fsp3) is 0.407. The van der Waals surface area contributed by atoms with Crippen molar-refractivity contribution in [1.29, 1.82) is 0 Å². The number of alkyl halides is 3. The van der Waals surface area contributed by atoms with Crippen LogP contribution in [0.2, 0.25) is 0 Å². The minimum atomic E-state index is -4.77. The molecule has 1 amide bonds. The molecule has 0 aliphatic carbocycles. The number of carbonyl (C=O) groups is 1. The van der Waals surface area contributed by atoms with Crippen molar-refractivity contribution in [3.8, 4) is 11.5 Å². The second-order valence-electron chi connectivity index (χ2n) is 9.26. The van der Waals surface area contributed by atoms with Crippen LogP contribution in [0.1, 0.15) is 33.3 Å². The second kappa shape index (κ2) is 12.1. The lowest BCUT2D eigenvalue weighted by atomic mass is 10.1. The molecule has 0 aliphatic rings. The van der Waals surface area contributed by atoms with E-state index in [4.69, 9.17) is 9.72 Å². The molecule has 10 heteroatoms. The van der Waals surface area contributed by atoms with Gasteiger partial charge in [-0.25, -0.2) is 4.98 Å². The predicted molar refractivity (Wildman–Crippen MR) is 139 cm³/mol. The summed E-state index contributed by atoms with van der Waals surface area (Å²) in [6, 6.07) is 13.2. The standard InChI is InChI=1S/C27H33F3N4O3/c1-17(2)34(18(3)4)13-12-31-25-14-19(5)23-15-20(6-11-24(23)33-25)32-26(35)16-36-21-7-9-22(10-8-21)37-27(28,29)30/h6-11,14-15,17-18H,12-13,16H2,1-5H3,(H,31,33)(H,32,35). The Morgan fingerprint density at radius 3 is 2.27 bits per heavy atom. The summed E-state index contributed by atoms with van der Waals surface area (Å²) in [5.74, 6) is 0.275. The molecule has 0 bridgehead atoms. The highest BCUT2D eigenvalue weighted by molar-refractivity contribution is 5.95. The van der Waals surface area contributed by atoms with Crippen LogP contribution in [-0.4, -0.2) is 53.9 Å². The Kier molecular flexibility index (Phi) is 9.20. The Bertz CT molecular complexity index is 1190. The molecule has 0 unspecified atom stereocenters. The summed E-state index contributed by atoms with van der Waals surface area (Å²) in [5.41, 5.74) is 2.42. The molecule has 0 atom stereocenters. The van der Waals surface area contributed by atoms with Crippen LogP contribution < -0.4 is 20.1 Å². The van der Waals surface area contributed by atoms with Crippen molar-refractivity contribution in [2.75, 3.05) is 30.3 Å². The van der Waals surface area contributed by atoms with E-state index >= 15 is 0 Å². The number of aromatic nitrogens is 1. The lowest BCUT2D eigenvalue weighted by molar-refractivity contribution is -0.274. The number of nitrogens with one attached hydrogen (secondary N) is 2. The van der Waals surface area contributed by atoms with Crippen LogP contribution in [0, 0.1) is 6.92 Å². The number of carbonyl (C=O) groups excluding carboxylic acids is 1. The van der Waals surface area contributed by atoms with E-state index in [1.165, 1.54) is 12.1 Å². The number of benzene rings is 2. The molecule has 2 aromatic carbocycles. The molecular formula is C27H33F3N4O3. The van der Waals surface area contributed by atoms with Crippen molar-refractivity contribution in [2.45, 2.75) is 53.1 Å². The molecule has 7 nitrogen and oxygen atoms in total. The average molecular weight is 519 g/mol. The van der Waals surface area contributed by atoms with Crippen LogP contribution in [-0.2, 0) is 4.79 Å². The topological polar surface area (TPSA) is 75.7 Å². The number of rotatable bonds is 11. The van der Waals surface area contributed by atoms with Crippen molar-refractivity contribution in [3.63, 3.8) is 0 Å². The summed E-state index contributed by atoms with van der Waals surface area (Å²) in [4.78, 5) is 19.5. The van der Waals surface area contributed by atoms with Gasteiger partial charge in [0.05, 0.1) is 5.52 Å². The number of hydrogen-bond acceptors (Lipinski definition) is 6. The minimum absolute atomic E-state index is 0.244. The molecule has 3 aromatic rings. The van der Waals surface area contributed by atoms with Crippen LogP contribution in [0.25, 0.3) is 10.9 Å². The van der Waals surface area contributed by atoms with Gasteiger partial charge in [-0.2, -0.15) is 0 Å². The lowest BCUT2D eigenvalue weighted by Crippen LogP contribution is -2.40. The van der Waals surface area contributed by atoms with E-state index in [1.807, 2.05) is 25.1 Å². The number of hydrogen-bond donors (Lipinski definition) is 2. The van der Waals surface area contributed by atoms with E-state index < -0.39 is 12.3 Å². The third kappa shape index (κ3) is 8.52. The van der Waals surface area contributed by atoms with Gasteiger partial charge in [0.15, 0.2) is 6.61 Å². The first-order valence-electron chi connectivity index (χ1n) is 12.1. The Morgan fingerprint density at radius 1 is 1.00 bits per heavy atom. The number of aryl methyl sites for hydroxylation is 1. The normalized spacial score (nSPS) is 11.9. The monoisotopic (exact) mass is 518 g/mol. The SMILES string of the molecule is Cc1cc(NCCN(C(C)C)C(C)C)nc2ccc(NC(=O)COc3ccc(OC(F)(F)F)cc3)cc12. The molecule has 1 aromatic heterocycles. The summed E-state index contributed by atoms with van der Waals surface area (Å²) >= 11 is 0. The van der Waals surface area contributed by atoms with Gasteiger partial charge in [0.2, 0.25) is 0 Å². The molecule has 0 saturated heterocycles. The maximum Gasteiger partial charge on any atom is 0.573 e. The first-order chi connectivity index (χ1) is 17.4. The van der Waals surface area contributed by atoms with E-state index in [9.17, 15) is 18.0 Å². The Morgan fingerprint density at radius 2 is 1.65 bits per heavy atom. The molecule has 0 aliphatic heterocycles. The number of pyridine rings is 1. The van der Waals surface area contributed by atoms with Gasteiger partial charge < -0.3 is 20.1 Å². The summed E-state index contributed by atoms with van der Waals surface area (Å²) in [7, 11) is 0. The van der Waals surface area contributed by atoms with Crippen molar-refractivity contribution in [3.05, 3.63) is 54.1 Å². The van der Waals surface area contributed by atoms with Gasteiger partial charge in [0.25, 0.3) is 5.91 Å². The number of fused-ring (bicyclic) bond motifs is 1. The number of ether oxygens (including phenoxy) is 2. The fourth-order valence-electron chi connectivity index (χ4n) is 4.07. The van der Waals surface area contributed by atoms with E-state index in [-0.39, 0.29) is 18.1 Å². The third-order valence-electron chi connectivity index (χ3n) is 5.73. The summed E-state index contributed by atoms with van der Waals surface area (Å²) in [5, 5.41) is 7.09. The predicted octanol–water partition coefficient (Wildman–Crippen LogP) is 5.99. The van der Waals surface area contributed by atoms with E-state index in [0.29, 0.717) is 17.8 Å². The van der Waals surface area contributed by atoms with E-state index in [2.05, 4.69) is 48.0 Å². The van der Waals surface area contributed by atoms with Crippen LogP contribution in [0.15, 0.2) is 48.5 Å². The molecule has 1 heterocycles. The Balaban J connectivity index is 1.56. The highest BCUT2D eigenvalue weighted by Crippen LogP contribution is 2.26. The molecular weight excluding hydrogens is 485 g/mol. The van der Waals surface area contributed by atoms with Crippen LogP contribution in [0.5, 0.6) is 11.5 Å². The zero-order valence-corrected chi connectivity index (χ0v) is 21.6. The Hall–Kier alpha value is -3.53. The summed E-state index contributed by atoms with van der Waals surface area (Å²) in [6.07, 6.45) is -4.77. The molecule has 200 valence electrons. The van der Waals surface area contributed by atoms with Crippen molar-refractivity contribution in [1.82, 2.24) is 9.88 Å². The third-order valence-corrected chi connectivity index (χ3v) is 5.73. The number of anilines is 2. The van der Waals surface area contributed by atoms with Gasteiger partial charge in [-0.3, -0.25) is 9.69 Å². The van der Waals surface area contributed by atoms with Crippen LogP contribution >= 0.6 is 0 Å². The number of halogens is 3. The van der Waals surface area contributed by atoms with Gasteiger partial charge in [-0.1, -0.05) is 0 Å². The molecule has 2 N–H and O–H groups in total. The average Bonchev–Trinajstić information content (AvgIpc) is 2.80. The van der Waals surface area contributed by atoms with Gasteiger partial charge in [-0.15, -0.1) is 13.2 Å². The van der Waals surface area contributed by atoms with Crippen LogP contribution in [0.3, 0.4) is 0 Å². The fourth-order valence-corrected chi connectivity index (χ4v) is 4.07. The van der Waals surface area contributed by atoms with Crippen molar-refractivity contribution < 1.29 is 27.4 Å². The second-order valence-corrected chi connectivity index (χ2v) is 9.26. The molecule has 0 saturated carbocycles. The maximum absolute atomic E-state index is 12.3. The number of nitrogens with zero attached hydrogens (tertiary/aromatic N) is 2. The van der Waals surface area contributed by atoms with Gasteiger partial charge >= 0.3 is 6.36 Å². The Labute approximate surface area is 215 Å². The van der Waals surface area contributed by atoms with Crippen molar-refractivity contribution >= 4 is 28.3 Å². The van der Waals surface area contributed by atoms with Gasteiger partial charge in [0, 0.05) is 36.2 Å². The van der Waals surface area contributed by atoms with E-state index in [1.54, 1.807) is 6.07 Å². The molecule has 0 radical (unpaired) electrons. The van der Waals surface area contributed by atoms with Gasteiger partial charge in [-0.05, 0) is 88.7 Å². The van der Waals surface area contributed by atoms with Gasteiger partial charge in [0.1, 0.15) is 17.3 Å². The number of amides is 1. The first-order valence-corrected chi connectivity index (χ1v) is 12.1.